The van der Waals surface area contributed by atoms with Crippen LogP contribution in [0.1, 0.15) is 158 Å². The van der Waals surface area contributed by atoms with Gasteiger partial charge in [-0.05, 0) is 86.0 Å². The van der Waals surface area contributed by atoms with Gasteiger partial charge in [0.15, 0.2) is 19.7 Å². The average Bonchev–Trinajstić information content (AvgIpc) is 1.70. The number of unbranched alkanes of at least 4 members (excludes halogenated alkanes) is 6. The minimum absolute atomic E-state index is 0.1000. The van der Waals surface area contributed by atoms with Crippen LogP contribution in [-0.2, 0) is 38.6 Å². The van der Waals surface area contributed by atoms with Crippen molar-refractivity contribution in [3.63, 3.8) is 0 Å². The summed E-state index contributed by atoms with van der Waals surface area (Å²) in [7, 11) is 0.0543. The highest BCUT2D eigenvalue weighted by Gasteiger charge is 2.51. The van der Waals surface area contributed by atoms with E-state index in [2.05, 4.69) is 38.3 Å². The molecule has 18 heteroatoms. The van der Waals surface area contributed by atoms with Crippen LogP contribution in [0, 0.1) is 10.8 Å². The Morgan fingerprint density at radius 3 is 1.11 bits per heavy atom. The van der Waals surface area contributed by atoms with Crippen LogP contribution in [0.2, 0.25) is 0 Å². The van der Waals surface area contributed by atoms with E-state index in [0.29, 0.717) is 101 Å². The molecule has 2 aliphatic rings. The molecule has 488 valence electrons. The number of hydrogen-bond donors (Lipinski definition) is 4. The Bertz CT molecular complexity index is 2640. The van der Waals surface area contributed by atoms with Crippen molar-refractivity contribution < 1.29 is 55.5 Å². The van der Waals surface area contributed by atoms with Crippen molar-refractivity contribution in [1.29, 1.82) is 0 Å². The van der Waals surface area contributed by atoms with Gasteiger partial charge in [0.25, 0.3) is 0 Å². The highest BCUT2D eigenvalue weighted by molar-refractivity contribution is 7.91. The molecule has 0 saturated carbocycles. The van der Waals surface area contributed by atoms with Crippen LogP contribution in [0.4, 0.5) is 11.4 Å². The Morgan fingerprint density at radius 2 is 0.782 bits per heavy atom. The second kappa shape index (κ2) is 36.5. The van der Waals surface area contributed by atoms with E-state index in [1.165, 1.54) is 0 Å². The maximum Gasteiger partial charge on any atom is 0.179 e. The number of rotatable bonds is 42. The molecule has 0 radical (unpaired) electrons. The first-order valence-corrected chi connectivity index (χ1v) is 35.9. The van der Waals surface area contributed by atoms with Gasteiger partial charge in [0.2, 0.25) is 0 Å². The average molecular weight is 1250 g/mol. The maximum absolute atomic E-state index is 14.6. The molecule has 0 fully saturated rings. The van der Waals surface area contributed by atoms with Gasteiger partial charge in [-0.2, -0.15) is 0 Å². The molecule has 0 aliphatic carbocycles. The first kappa shape index (κ1) is 71.7. The molecule has 0 spiro atoms. The van der Waals surface area contributed by atoms with Gasteiger partial charge >= 0.3 is 0 Å². The number of hydrogen-bond acceptors (Lipinski definition) is 16. The largest absolute Gasteiger partial charge is 0.489 e. The number of aliphatic hydroxyl groups is 2. The monoisotopic (exact) mass is 1250 g/mol. The molecule has 0 unspecified atom stereocenters. The minimum Gasteiger partial charge on any atom is -0.489 e. The van der Waals surface area contributed by atoms with E-state index in [0.717, 1.165) is 119 Å². The molecular formula is C69H108N4O12S2. The summed E-state index contributed by atoms with van der Waals surface area (Å²) in [5, 5.41) is 31.9. The second-order valence-electron chi connectivity index (χ2n) is 24.5. The molecule has 6 rings (SSSR count). The number of nitrogens with one attached hydrogen (secondary N) is 2. The van der Waals surface area contributed by atoms with E-state index < -0.39 is 54.5 Å². The Hall–Kier alpha value is -4.34. The van der Waals surface area contributed by atoms with Crippen molar-refractivity contribution in [2.75, 3.05) is 142 Å². The van der Waals surface area contributed by atoms with Crippen LogP contribution in [0.25, 0.3) is 0 Å². The summed E-state index contributed by atoms with van der Waals surface area (Å²) in [6.07, 6.45) is 11.1. The smallest absolute Gasteiger partial charge is 0.179 e. The molecule has 0 aromatic heterocycles. The van der Waals surface area contributed by atoms with Gasteiger partial charge < -0.3 is 59.1 Å². The first-order valence-electron chi connectivity index (χ1n) is 32.6. The normalized spacial score (nSPS) is 19.1. The van der Waals surface area contributed by atoms with E-state index in [4.69, 9.17) is 28.4 Å². The van der Waals surface area contributed by atoms with Gasteiger partial charge in [0, 0.05) is 76.1 Å². The van der Waals surface area contributed by atoms with Crippen molar-refractivity contribution in [3.05, 3.63) is 107 Å². The number of sulfone groups is 2. The third kappa shape index (κ3) is 20.3. The van der Waals surface area contributed by atoms with Gasteiger partial charge in [-0.25, -0.2) is 16.8 Å². The van der Waals surface area contributed by atoms with Gasteiger partial charge in [-0.3, -0.25) is 0 Å². The molecule has 2 aliphatic heterocycles. The standard InChI is InChI=1S/C69H108N4O12S2/c1-9-13-30-68(31-14-10-2)52-86(76,77)62-50-60(58(72(5)6)48-56(62)64(66(68)74)54-26-20-17-21-27-54)84-46-44-82-42-40-80-38-36-70-34-24-19-25-35-71-37-39-81-41-43-83-45-47-85-61-51-63-57(49-59(61)73(7)8)65(55-28-22-18-23-29-55)67(75)69(32-15-11-3,33-16-12-4)53-87(63,78)79/h17-18,20-23,26-29,48-51,64-67,70-71,74-75H,9-16,19,24-25,30-47,52-53H2,1-8H3/t64-,65-,66-,67-/m0/s1. The van der Waals surface area contributed by atoms with E-state index in [1.807, 2.05) is 111 Å². The summed E-state index contributed by atoms with van der Waals surface area (Å²) in [5.41, 5.74) is 2.98. The lowest BCUT2D eigenvalue weighted by molar-refractivity contribution is 0.0126. The molecule has 0 bridgehead atoms. The Labute approximate surface area is 523 Å². The maximum atomic E-state index is 14.6. The molecule has 2 heterocycles. The van der Waals surface area contributed by atoms with E-state index >= 15 is 0 Å². The molecule has 16 nitrogen and oxygen atoms in total. The molecular weight excluding hydrogens is 1140 g/mol. The fourth-order valence-corrected chi connectivity index (χ4v) is 17.2. The summed E-state index contributed by atoms with van der Waals surface area (Å²) in [6, 6.07) is 26.9. The molecule has 4 atom stereocenters. The molecule has 4 N–H and O–H groups in total. The summed E-state index contributed by atoms with van der Waals surface area (Å²) in [4.78, 5) is 4.33. The zero-order valence-electron chi connectivity index (χ0n) is 54.0. The van der Waals surface area contributed by atoms with Gasteiger partial charge in [0.1, 0.15) is 24.7 Å². The molecule has 4 aromatic rings. The van der Waals surface area contributed by atoms with E-state index in [9.17, 15) is 27.0 Å². The van der Waals surface area contributed by atoms with Crippen LogP contribution in [-0.4, -0.2) is 171 Å². The van der Waals surface area contributed by atoms with Crippen molar-refractivity contribution >= 4 is 31.0 Å². The number of nitrogens with zero attached hydrogens (tertiary/aromatic N) is 2. The number of fused-ring (bicyclic) bond motifs is 2. The van der Waals surface area contributed by atoms with Crippen LogP contribution >= 0.6 is 0 Å². The molecule has 4 aromatic carbocycles. The highest BCUT2D eigenvalue weighted by Crippen LogP contribution is 2.53. The zero-order chi connectivity index (χ0) is 62.7. The zero-order valence-corrected chi connectivity index (χ0v) is 55.6. The van der Waals surface area contributed by atoms with Gasteiger partial charge in [0.05, 0.1) is 97.7 Å². The van der Waals surface area contributed by atoms with Crippen LogP contribution < -0.4 is 29.9 Å². The molecule has 0 saturated heterocycles. The summed E-state index contributed by atoms with van der Waals surface area (Å²) < 4.78 is 94.1. The topological polar surface area (TPSA) is 195 Å². The number of aliphatic hydroxyl groups excluding tert-OH is 2. The van der Waals surface area contributed by atoms with Crippen molar-refractivity contribution in [1.82, 2.24) is 10.6 Å². The number of anilines is 2. The molecule has 0 amide bonds. The second-order valence-corrected chi connectivity index (χ2v) is 28.5. The summed E-state index contributed by atoms with van der Waals surface area (Å²) in [6.45, 7) is 15.8. The van der Waals surface area contributed by atoms with E-state index in [1.54, 1.807) is 12.1 Å². The summed E-state index contributed by atoms with van der Waals surface area (Å²) >= 11 is 0. The lowest BCUT2D eigenvalue weighted by Gasteiger charge is -2.40. The van der Waals surface area contributed by atoms with Crippen LogP contribution in [0.15, 0.2) is 94.7 Å². The fourth-order valence-electron chi connectivity index (χ4n) is 12.8. The highest BCUT2D eigenvalue weighted by atomic mass is 32.2. The van der Waals surface area contributed by atoms with Gasteiger partial charge in [-0.15, -0.1) is 0 Å². The SMILES string of the molecule is CCCCC1(CCCC)CS(=O)(=O)c2cc(OCCOCCOCCNCCCCCNCCOCCOCCOc3cc4c(cc3N(C)C)[C@H](c3ccccc3)[C@H](O)C(CCCC)(CCCC)CS4(=O)=O)c(N(C)C)cc2[C@H](c2ccccc2)[C@@H]1O. The predicted octanol–water partition coefficient (Wildman–Crippen LogP) is 11.0. The Kier molecular flexibility index (Phi) is 30.1. The number of benzene rings is 4. The summed E-state index contributed by atoms with van der Waals surface area (Å²) in [5.74, 6) is -0.285. The lowest BCUT2D eigenvalue weighted by Crippen LogP contribution is -2.43. The van der Waals surface area contributed by atoms with Crippen molar-refractivity contribution in [3.8, 4) is 11.5 Å². The molecule has 87 heavy (non-hydrogen) atoms. The van der Waals surface area contributed by atoms with Crippen LogP contribution in [0.3, 0.4) is 0 Å². The van der Waals surface area contributed by atoms with Crippen LogP contribution in [0.5, 0.6) is 11.5 Å². The third-order valence-corrected chi connectivity index (χ3v) is 21.5. The Morgan fingerprint density at radius 1 is 0.448 bits per heavy atom. The van der Waals surface area contributed by atoms with E-state index in [-0.39, 0.29) is 34.5 Å². The first-order chi connectivity index (χ1) is 42.0. The van der Waals surface area contributed by atoms with Crippen molar-refractivity contribution in [2.24, 2.45) is 10.8 Å². The van der Waals surface area contributed by atoms with Crippen molar-refractivity contribution in [2.45, 2.75) is 158 Å². The number of ether oxygens (including phenoxy) is 6. The fraction of sp³-hybridized carbons (Fsp3) is 0.652. The minimum atomic E-state index is -3.81. The lowest BCUT2D eigenvalue weighted by atomic mass is 9.68. The van der Waals surface area contributed by atoms with Gasteiger partial charge in [-0.1, -0.05) is 146 Å². The quantitative estimate of drug-likeness (QED) is 0.0306. The third-order valence-electron chi connectivity index (χ3n) is 17.5. The predicted molar refractivity (Wildman–Crippen MR) is 351 cm³/mol. The Balaban J connectivity index is 0.819.